The highest BCUT2D eigenvalue weighted by atomic mass is 16.5. The van der Waals surface area contributed by atoms with Crippen LogP contribution in [0, 0.1) is 0 Å². The van der Waals surface area contributed by atoms with Crippen molar-refractivity contribution >= 4 is 10.8 Å². The van der Waals surface area contributed by atoms with Crippen molar-refractivity contribution < 1.29 is 9.26 Å². The van der Waals surface area contributed by atoms with Crippen LogP contribution in [0.2, 0.25) is 0 Å². The molecule has 2 heterocycles. The third-order valence-corrected chi connectivity index (χ3v) is 5.14. The zero-order valence-electron chi connectivity index (χ0n) is 15.9. The van der Waals surface area contributed by atoms with E-state index < -0.39 is 0 Å². The van der Waals surface area contributed by atoms with E-state index in [0.717, 1.165) is 54.5 Å². The van der Waals surface area contributed by atoms with Crippen molar-refractivity contribution in [2.45, 2.75) is 51.5 Å². The number of hydrogen-bond acceptors (Lipinski definition) is 5. The molecule has 0 bridgehead atoms. The highest BCUT2D eigenvalue weighted by molar-refractivity contribution is 5.87. The Hall–Kier alpha value is -2.40. The number of nitrogens with one attached hydrogen (secondary N) is 1. The van der Waals surface area contributed by atoms with E-state index in [1.165, 1.54) is 19.3 Å². The van der Waals surface area contributed by atoms with Crippen molar-refractivity contribution in [2.75, 3.05) is 13.2 Å². The Labute approximate surface area is 160 Å². The maximum absolute atomic E-state index is 5.89. The molecular formula is C22H27N3O2. The van der Waals surface area contributed by atoms with E-state index in [2.05, 4.69) is 46.6 Å². The Balaban J connectivity index is 1.45. The lowest BCUT2D eigenvalue weighted by atomic mass is 10.1. The minimum atomic E-state index is 0.198. The smallest absolute Gasteiger partial charge is 0.244 e. The lowest BCUT2D eigenvalue weighted by Crippen LogP contribution is -2.12. The van der Waals surface area contributed by atoms with E-state index in [1.54, 1.807) is 0 Å². The Morgan fingerprint density at radius 2 is 2.00 bits per heavy atom. The fourth-order valence-corrected chi connectivity index (χ4v) is 3.56. The summed E-state index contributed by atoms with van der Waals surface area (Å²) in [6.07, 6.45) is 7.08. The van der Waals surface area contributed by atoms with Gasteiger partial charge in [0, 0.05) is 5.56 Å². The minimum absolute atomic E-state index is 0.198. The van der Waals surface area contributed by atoms with Crippen molar-refractivity contribution in [1.29, 1.82) is 0 Å². The van der Waals surface area contributed by atoms with Crippen molar-refractivity contribution in [3.8, 4) is 17.1 Å². The molecule has 0 radical (unpaired) electrons. The first-order chi connectivity index (χ1) is 13.3. The third-order valence-electron chi connectivity index (χ3n) is 5.14. The molecule has 1 aromatic heterocycles. The summed E-state index contributed by atoms with van der Waals surface area (Å²) >= 11 is 0. The summed E-state index contributed by atoms with van der Waals surface area (Å²) in [6, 6.07) is 12.7. The second-order valence-corrected chi connectivity index (χ2v) is 7.24. The monoisotopic (exact) mass is 365 g/mol. The molecule has 0 unspecified atom stereocenters. The van der Waals surface area contributed by atoms with Gasteiger partial charge >= 0.3 is 0 Å². The van der Waals surface area contributed by atoms with E-state index in [0.29, 0.717) is 11.7 Å². The fourth-order valence-electron chi connectivity index (χ4n) is 3.56. The highest BCUT2D eigenvalue weighted by Gasteiger charge is 2.22. The molecule has 2 aromatic carbocycles. The van der Waals surface area contributed by atoms with E-state index in [9.17, 15) is 0 Å². The zero-order valence-corrected chi connectivity index (χ0v) is 15.9. The molecule has 142 valence electrons. The molecule has 4 rings (SSSR count). The largest absolute Gasteiger partial charge is 0.494 e. The Bertz CT molecular complexity index is 884. The topological polar surface area (TPSA) is 60.2 Å². The summed E-state index contributed by atoms with van der Waals surface area (Å²) in [5.74, 6) is 2.27. The maximum Gasteiger partial charge on any atom is 0.244 e. The van der Waals surface area contributed by atoms with Gasteiger partial charge in [0.15, 0.2) is 0 Å². The number of unbranched alkanes of at least 4 members (excludes halogenated alkanes) is 3. The molecule has 1 fully saturated rings. The Morgan fingerprint density at radius 3 is 2.85 bits per heavy atom. The number of rotatable bonds is 8. The van der Waals surface area contributed by atoms with Crippen LogP contribution in [0.4, 0.5) is 0 Å². The highest BCUT2D eigenvalue weighted by Crippen LogP contribution is 2.28. The van der Waals surface area contributed by atoms with Gasteiger partial charge in [-0.15, -0.1) is 0 Å². The summed E-state index contributed by atoms with van der Waals surface area (Å²) in [5.41, 5.74) is 0.976. The SMILES string of the molecule is CCCCCCOc1ccc2cc(-c3noc([C@@H]4CCCN4)n3)ccc2c1. The van der Waals surface area contributed by atoms with Gasteiger partial charge in [-0.3, -0.25) is 0 Å². The molecule has 0 aliphatic carbocycles. The predicted octanol–water partition coefficient (Wildman–Crippen LogP) is 5.27. The van der Waals surface area contributed by atoms with E-state index in [-0.39, 0.29) is 6.04 Å². The molecule has 0 amide bonds. The number of benzene rings is 2. The van der Waals surface area contributed by atoms with Gasteiger partial charge in [-0.25, -0.2) is 0 Å². The van der Waals surface area contributed by atoms with Crippen molar-refractivity contribution in [1.82, 2.24) is 15.5 Å². The van der Waals surface area contributed by atoms with Gasteiger partial charge in [0.05, 0.1) is 12.6 Å². The first-order valence-electron chi connectivity index (χ1n) is 10.1. The standard InChI is InChI=1S/C22H27N3O2/c1-2-3-4-5-13-26-19-11-10-16-14-18(9-8-17(16)15-19)21-24-22(27-25-21)20-7-6-12-23-20/h8-11,14-15,20,23H,2-7,12-13H2,1H3/t20-/m0/s1. The summed E-state index contributed by atoms with van der Waals surface area (Å²) in [5, 5.41) is 9.87. The molecule has 1 aliphatic heterocycles. The van der Waals surface area contributed by atoms with Gasteiger partial charge in [0.25, 0.3) is 0 Å². The normalized spacial score (nSPS) is 16.9. The van der Waals surface area contributed by atoms with Gasteiger partial charge in [-0.2, -0.15) is 4.98 Å². The average molecular weight is 365 g/mol. The summed E-state index contributed by atoms with van der Waals surface area (Å²) in [4.78, 5) is 4.59. The quantitative estimate of drug-likeness (QED) is 0.551. The van der Waals surface area contributed by atoms with Crippen molar-refractivity contribution in [2.24, 2.45) is 0 Å². The molecule has 1 N–H and O–H groups in total. The van der Waals surface area contributed by atoms with Gasteiger partial charge in [-0.1, -0.05) is 49.5 Å². The average Bonchev–Trinajstić information content (AvgIpc) is 3.39. The van der Waals surface area contributed by atoms with Crippen LogP contribution >= 0.6 is 0 Å². The second-order valence-electron chi connectivity index (χ2n) is 7.24. The molecule has 1 saturated heterocycles. The first-order valence-corrected chi connectivity index (χ1v) is 10.1. The van der Waals surface area contributed by atoms with Crippen LogP contribution in [0.5, 0.6) is 5.75 Å². The molecule has 5 heteroatoms. The van der Waals surface area contributed by atoms with Crippen LogP contribution in [0.15, 0.2) is 40.9 Å². The number of nitrogens with zero attached hydrogens (tertiary/aromatic N) is 2. The molecule has 5 nitrogen and oxygen atoms in total. The summed E-state index contributed by atoms with van der Waals surface area (Å²) in [7, 11) is 0. The van der Waals surface area contributed by atoms with Crippen LogP contribution in [0.25, 0.3) is 22.2 Å². The van der Waals surface area contributed by atoms with Crippen LogP contribution in [-0.2, 0) is 0 Å². The lowest BCUT2D eigenvalue weighted by Gasteiger charge is -2.08. The number of hydrogen-bond donors (Lipinski definition) is 1. The zero-order chi connectivity index (χ0) is 18.5. The predicted molar refractivity (Wildman–Crippen MR) is 107 cm³/mol. The van der Waals surface area contributed by atoms with E-state index in [4.69, 9.17) is 9.26 Å². The molecule has 3 aromatic rings. The molecule has 0 spiro atoms. The molecule has 0 saturated carbocycles. The van der Waals surface area contributed by atoms with Crippen molar-refractivity contribution in [3.63, 3.8) is 0 Å². The second kappa shape index (κ2) is 8.53. The van der Waals surface area contributed by atoms with Crippen LogP contribution in [0.1, 0.15) is 57.4 Å². The number of ether oxygens (including phenoxy) is 1. The molecule has 27 heavy (non-hydrogen) atoms. The summed E-state index contributed by atoms with van der Waals surface area (Å²) < 4.78 is 11.4. The van der Waals surface area contributed by atoms with Crippen LogP contribution < -0.4 is 10.1 Å². The van der Waals surface area contributed by atoms with Crippen LogP contribution in [0.3, 0.4) is 0 Å². The van der Waals surface area contributed by atoms with E-state index in [1.807, 2.05) is 12.1 Å². The van der Waals surface area contributed by atoms with Crippen molar-refractivity contribution in [3.05, 3.63) is 42.3 Å². The minimum Gasteiger partial charge on any atom is -0.494 e. The van der Waals surface area contributed by atoms with Gasteiger partial charge in [0.1, 0.15) is 5.75 Å². The molecule has 1 aliphatic rings. The fraction of sp³-hybridized carbons (Fsp3) is 0.455. The summed E-state index contributed by atoms with van der Waals surface area (Å²) in [6.45, 7) is 4.02. The lowest BCUT2D eigenvalue weighted by molar-refractivity contribution is 0.305. The maximum atomic E-state index is 5.89. The number of fused-ring (bicyclic) bond motifs is 1. The van der Waals surface area contributed by atoms with Gasteiger partial charge < -0.3 is 14.6 Å². The number of aromatic nitrogens is 2. The molecule has 1 atom stereocenters. The van der Waals surface area contributed by atoms with Gasteiger partial charge in [0.2, 0.25) is 11.7 Å². The first kappa shape index (κ1) is 18.0. The third kappa shape index (κ3) is 4.30. The molecular weight excluding hydrogens is 338 g/mol. The van der Waals surface area contributed by atoms with Crippen LogP contribution in [-0.4, -0.2) is 23.3 Å². The Kier molecular flexibility index (Phi) is 5.68. The Morgan fingerprint density at radius 1 is 1.11 bits per heavy atom. The van der Waals surface area contributed by atoms with E-state index >= 15 is 0 Å². The van der Waals surface area contributed by atoms with Gasteiger partial charge in [-0.05, 0) is 54.8 Å².